The lowest BCUT2D eigenvalue weighted by Gasteiger charge is -2.35. The Balaban J connectivity index is 0.00000387. The van der Waals surface area contributed by atoms with E-state index in [0.29, 0.717) is 59.4 Å². The quantitative estimate of drug-likeness (QED) is 0.366. The molecule has 1 fully saturated rings. The molecule has 0 spiro atoms. The van der Waals surface area contributed by atoms with Crippen LogP contribution in [0.25, 0.3) is 0 Å². The van der Waals surface area contributed by atoms with Gasteiger partial charge in [-0.05, 0) is 49.2 Å². The van der Waals surface area contributed by atoms with Gasteiger partial charge in [0.05, 0.1) is 24.8 Å². The molecule has 216 valence electrons. The van der Waals surface area contributed by atoms with E-state index in [-0.39, 0.29) is 30.9 Å². The number of pyridine rings is 1. The molecule has 2 atom stereocenters. The summed E-state index contributed by atoms with van der Waals surface area (Å²) in [5.41, 5.74) is 2.23. The molecule has 5 rings (SSSR count). The van der Waals surface area contributed by atoms with Gasteiger partial charge in [0.2, 0.25) is 11.8 Å². The minimum atomic E-state index is -0.549. The highest BCUT2D eigenvalue weighted by atomic mass is 35.5. The van der Waals surface area contributed by atoms with Crippen molar-refractivity contribution in [2.45, 2.75) is 25.9 Å². The summed E-state index contributed by atoms with van der Waals surface area (Å²) in [5.74, 6) is 1.06. The predicted octanol–water partition coefficient (Wildman–Crippen LogP) is 5.70. The molecule has 12 heteroatoms. The van der Waals surface area contributed by atoms with Crippen LogP contribution in [0.1, 0.15) is 42.6 Å². The summed E-state index contributed by atoms with van der Waals surface area (Å²) in [6, 6.07) is 15.1. The molecule has 2 aromatic carbocycles. The Bertz CT molecular complexity index is 1420. The highest BCUT2D eigenvalue weighted by molar-refractivity contribution is 6.30. The number of ether oxygens (including phenoxy) is 2. The zero-order chi connectivity index (χ0) is 28.2. The maximum atomic E-state index is 14.3. The van der Waals surface area contributed by atoms with Gasteiger partial charge in [0.1, 0.15) is 24.2 Å². The minimum Gasteiger partial charge on any atom is -0.493 e. The summed E-state index contributed by atoms with van der Waals surface area (Å²) in [4.78, 5) is 39.3. The van der Waals surface area contributed by atoms with Gasteiger partial charge in [0.25, 0.3) is 0 Å². The monoisotopic (exact) mass is 617 g/mol. The maximum absolute atomic E-state index is 14.3. The smallest absolute Gasteiger partial charge is 0.326 e. The Morgan fingerprint density at radius 2 is 1.63 bits per heavy atom. The Hall–Kier alpha value is -3.53. The molecular formula is C29H30Cl3N5O4. The Morgan fingerprint density at radius 1 is 1.00 bits per heavy atom. The first-order valence-corrected chi connectivity index (χ1v) is 13.8. The lowest BCUT2D eigenvalue weighted by atomic mass is 9.93. The van der Waals surface area contributed by atoms with Crippen molar-refractivity contribution < 1.29 is 19.1 Å². The second-order valence-corrected chi connectivity index (χ2v) is 10.1. The van der Waals surface area contributed by atoms with Gasteiger partial charge in [-0.2, -0.15) is 0 Å². The SMILES string of the molecule is CCOc1cc(OCC)c(C2=N[C@H](c3ccc(Cl)cc3)[C@H](c3ccc(Cl)cc3)N2C(=O)N2CCNC(=O)C2)cn1.Cl. The maximum Gasteiger partial charge on any atom is 0.326 e. The van der Waals surface area contributed by atoms with Crippen LogP contribution in [0, 0.1) is 0 Å². The summed E-state index contributed by atoms with van der Waals surface area (Å²) in [7, 11) is 0. The van der Waals surface area contributed by atoms with Crippen LogP contribution >= 0.6 is 35.6 Å². The number of carbonyl (C=O) groups is 2. The van der Waals surface area contributed by atoms with Crippen molar-refractivity contribution in [1.29, 1.82) is 0 Å². The number of carbonyl (C=O) groups excluding carboxylic acids is 2. The molecule has 3 aromatic rings. The number of benzene rings is 2. The van der Waals surface area contributed by atoms with Crippen molar-refractivity contribution in [2.24, 2.45) is 4.99 Å². The average molecular weight is 619 g/mol. The third-order valence-corrected chi connectivity index (χ3v) is 7.18. The number of halogens is 3. The molecule has 3 amide bonds. The van der Waals surface area contributed by atoms with E-state index in [2.05, 4.69) is 10.3 Å². The van der Waals surface area contributed by atoms with Gasteiger partial charge < -0.3 is 19.7 Å². The van der Waals surface area contributed by atoms with E-state index in [0.717, 1.165) is 11.1 Å². The minimum absolute atomic E-state index is 0. The summed E-state index contributed by atoms with van der Waals surface area (Å²) in [6.45, 7) is 5.26. The Kier molecular flexibility index (Phi) is 9.96. The number of amidine groups is 1. The van der Waals surface area contributed by atoms with Gasteiger partial charge in [0, 0.05) is 35.4 Å². The van der Waals surface area contributed by atoms with Gasteiger partial charge >= 0.3 is 6.03 Å². The van der Waals surface area contributed by atoms with Crippen LogP contribution in [0.5, 0.6) is 11.6 Å². The standard InChI is InChI=1S/C29H29Cl2N5O4.ClH/c1-3-39-23-15-25(40-4-2)33-16-22(23)28-34-26(18-5-9-20(30)10-6-18)27(19-7-11-21(31)12-8-19)36(28)29(38)35-14-13-32-24(37)17-35;/h5-12,15-16,26-27H,3-4,13-14,17H2,1-2H3,(H,32,37);1H/t26-,27+;/m1./s1. The van der Waals surface area contributed by atoms with Crippen molar-refractivity contribution >= 4 is 53.4 Å². The molecule has 2 aliphatic rings. The largest absolute Gasteiger partial charge is 0.493 e. The number of urea groups is 1. The van der Waals surface area contributed by atoms with Crippen molar-refractivity contribution in [3.8, 4) is 11.6 Å². The summed E-state index contributed by atoms with van der Waals surface area (Å²) < 4.78 is 11.6. The van der Waals surface area contributed by atoms with Crippen LogP contribution in [0.2, 0.25) is 10.0 Å². The van der Waals surface area contributed by atoms with E-state index < -0.39 is 12.1 Å². The van der Waals surface area contributed by atoms with E-state index in [1.807, 2.05) is 38.1 Å². The van der Waals surface area contributed by atoms with Gasteiger partial charge in [-0.15, -0.1) is 12.4 Å². The first kappa shape index (κ1) is 30.4. The lowest BCUT2D eigenvalue weighted by molar-refractivity contribution is -0.123. The van der Waals surface area contributed by atoms with Crippen LogP contribution in [0.4, 0.5) is 4.79 Å². The van der Waals surface area contributed by atoms with Crippen molar-refractivity contribution in [3.63, 3.8) is 0 Å². The van der Waals surface area contributed by atoms with E-state index in [9.17, 15) is 9.59 Å². The molecule has 0 bridgehead atoms. The Labute approximate surface area is 254 Å². The first-order chi connectivity index (χ1) is 19.4. The van der Waals surface area contributed by atoms with Gasteiger partial charge in [-0.25, -0.2) is 9.78 Å². The van der Waals surface area contributed by atoms with Gasteiger partial charge in [-0.1, -0.05) is 47.5 Å². The fourth-order valence-corrected chi connectivity index (χ4v) is 5.15. The normalized spacial score (nSPS) is 18.3. The molecule has 0 aliphatic carbocycles. The van der Waals surface area contributed by atoms with Crippen LogP contribution in [0.15, 0.2) is 65.8 Å². The van der Waals surface area contributed by atoms with Crippen molar-refractivity contribution in [2.75, 3.05) is 32.8 Å². The summed E-state index contributed by atoms with van der Waals surface area (Å²) >= 11 is 12.4. The highest BCUT2D eigenvalue weighted by Gasteiger charge is 2.45. The molecule has 9 nitrogen and oxygen atoms in total. The average Bonchev–Trinajstić information content (AvgIpc) is 3.34. The topological polar surface area (TPSA) is 96.4 Å². The number of hydrogen-bond acceptors (Lipinski definition) is 6. The van der Waals surface area contributed by atoms with Crippen LogP contribution in [-0.2, 0) is 4.79 Å². The van der Waals surface area contributed by atoms with E-state index in [1.165, 1.54) is 4.90 Å². The number of hydrogen-bond donors (Lipinski definition) is 1. The third kappa shape index (κ3) is 6.53. The number of aliphatic imine (C=N–C) groups is 1. The number of piperazine rings is 1. The summed E-state index contributed by atoms with van der Waals surface area (Å²) in [6.07, 6.45) is 1.61. The van der Waals surface area contributed by atoms with E-state index in [4.69, 9.17) is 37.7 Å². The molecule has 0 radical (unpaired) electrons. The summed E-state index contributed by atoms with van der Waals surface area (Å²) in [5, 5.41) is 3.95. The molecule has 1 N–H and O–H groups in total. The van der Waals surface area contributed by atoms with Crippen LogP contribution in [-0.4, -0.2) is 65.4 Å². The van der Waals surface area contributed by atoms with E-state index in [1.54, 1.807) is 41.4 Å². The van der Waals surface area contributed by atoms with Crippen molar-refractivity contribution in [3.05, 3.63) is 87.5 Å². The second kappa shape index (κ2) is 13.4. The second-order valence-electron chi connectivity index (χ2n) is 9.25. The van der Waals surface area contributed by atoms with E-state index >= 15 is 0 Å². The first-order valence-electron chi connectivity index (χ1n) is 13.1. The number of amides is 3. The molecule has 0 saturated carbocycles. The van der Waals surface area contributed by atoms with Gasteiger partial charge in [0.15, 0.2) is 0 Å². The van der Waals surface area contributed by atoms with Crippen LogP contribution < -0.4 is 14.8 Å². The van der Waals surface area contributed by atoms with Crippen LogP contribution in [0.3, 0.4) is 0 Å². The Morgan fingerprint density at radius 3 is 2.24 bits per heavy atom. The number of rotatable bonds is 7. The molecule has 2 aliphatic heterocycles. The zero-order valence-corrected chi connectivity index (χ0v) is 24.9. The third-order valence-electron chi connectivity index (χ3n) is 6.68. The molecule has 3 heterocycles. The fourth-order valence-electron chi connectivity index (χ4n) is 4.90. The number of nitrogens with zero attached hydrogens (tertiary/aromatic N) is 4. The fraction of sp³-hybridized carbons (Fsp3) is 0.310. The zero-order valence-electron chi connectivity index (χ0n) is 22.5. The molecule has 0 unspecified atom stereocenters. The molecular weight excluding hydrogens is 589 g/mol. The molecule has 41 heavy (non-hydrogen) atoms. The number of aromatic nitrogens is 1. The van der Waals surface area contributed by atoms with Crippen molar-refractivity contribution in [1.82, 2.24) is 20.1 Å². The predicted molar refractivity (Wildman–Crippen MR) is 161 cm³/mol. The van der Waals surface area contributed by atoms with Gasteiger partial charge in [-0.3, -0.25) is 14.7 Å². The molecule has 1 saturated heterocycles. The molecule has 1 aromatic heterocycles. The lowest BCUT2D eigenvalue weighted by Crippen LogP contribution is -2.55. The highest BCUT2D eigenvalue weighted by Crippen LogP contribution is 2.45. The number of nitrogens with one attached hydrogen (secondary N) is 1.